The van der Waals surface area contributed by atoms with Crippen LogP contribution < -0.4 is 15.5 Å². The molecule has 0 radical (unpaired) electrons. The minimum absolute atomic E-state index is 0.751. The van der Waals surface area contributed by atoms with Gasteiger partial charge in [0.1, 0.15) is 0 Å². The molecular weight excluding hydrogens is 571 g/mol. The topological polar surface area (TPSA) is 32.5 Å². The fourth-order valence-corrected chi connectivity index (χ4v) is 6.91. The standard InChI is InChI=1S/C44H37N3/c1-30-16-22-34(23-17-30)46(33-10-4-3-5-11-33)43-28-41-38-13-7-9-15-40(38)44(29-42(41)37-12-6-8-14-39(37)43)47(35-24-18-31(2)19-25-35)36-26-20-32(45)21-27-36/h4,6-29H,3,5,45H2,1-2H3. The molecule has 0 amide bonds. The second-order valence-corrected chi connectivity index (χ2v) is 12.5. The van der Waals surface area contributed by atoms with Crippen molar-refractivity contribution in [3.05, 3.63) is 169 Å². The van der Waals surface area contributed by atoms with Gasteiger partial charge in [0.25, 0.3) is 0 Å². The summed E-state index contributed by atoms with van der Waals surface area (Å²) in [6, 6.07) is 48.3. The van der Waals surface area contributed by atoms with E-state index in [9.17, 15) is 0 Å². The maximum atomic E-state index is 6.16. The molecule has 0 saturated carbocycles. The number of aryl methyl sites for hydroxylation is 2. The van der Waals surface area contributed by atoms with Crippen molar-refractivity contribution < 1.29 is 0 Å². The number of benzene rings is 7. The van der Waals surface area contributed by atoms with E-state index in [-0.39, 0.29) is 0 Å². The van der Waals surface area contributed by atoms with Crippen LogP contribution in [-0.2, 0) is 0 Å². The van der Waals surface area contributed by atoms with Crippen LogP contribution >= 0.6 is 0 Å². The highest BCUT2D eigenvalue weighted by atomic mass is 15.2. The molecule has 47 heavy (non-hydrogen) atoms. The van der Waals surface area contributed by atoms with Gasteiger partial charge in [0.15, 0.2) is 0 Å². The van der Waals surface area contributed by atoms with Gasteiger partial charge in [-0.15, -0.1) is 0 Å². The highest BCUT2D eigenvalue weighted by Crippen LogP contribution is 2.47. The number of rotatable bonds is 6. The van der Waals surface area contributed by atoms with Gasteiger partial charge in [0, 0.05) is 39.2 Å². The minimum Gasteiger partial charge on any atom is -0.399 e. The SMILES string of the molecule is Cc1ccc(N(C2=CCCC=C2)c2cc3c4ccccc4c(N(c4ccc(C)cc4)c4ccc(N)cc4)cc3c3ccccc23)cc1. The van der Waals surface area contributed by atoms with Gasteiger partial charge in [-0.3, -0.25) is 0 Å². The Labute approximate surface area is 276 Å². The summed E-state index contributed by atoms with van der Waals surface area (Å²) >= 11 is 0. The van der Waals surface area contributed by atoms with Crippen LogP contribution in [0.2, 0.25) is 0 Å². The third kappa shape index (κ3) is 5.20. The van der Waals surface area contributed by atoms with Crippen LogP contribution in [0.4, 0.5) is 34.1 Å². The Balaban J connectivity index is 1.45. The second-order valence-electron chi connectivity index (χ2n) is 12.5. The van der Waals surface area contributed by atoms with Crippen molar-refractivity contribution in [1.82, 2.24) is 0 Å². The van der Waals surface area contributed by atoms with Gasteiger partial charge in [0.05, 0.1) is 11.4 Å². The molecule has 1 aliphatic rings. The molecule has 0 fully saturated rings. The molecule has 7 aromatic rings. The Bertz CT molecular complexity index is 2270. The molecule has 7 aromatic carbocycles. The highest BCUT2D eigenvalue weighted by Gasteiger charge is 2.22. The average molecular weight is 608 g/mol. The molecule has 3 nitrogen and oxygen atoms in total. The van der Waals surface area contributed by atoms with Crippen LogP contribution in [0.1, 0.15) is 24.0 Å². The summed E-state index contributed by atoms with van der Waals surface area (Å²) < 4.78 is 0. The molecule has 0 aromatic heterocycles. The molecule has 1 aliphatic carbocycles. The van der Waals surface area contributed by atoms with Crippen molar-refractivity contribution in [1.29, 1.82) is 0 Å². The summed E-state index contributed by atoms with van der Waals surface area (Å²) in [5.41, 5.74) is 16.2. The molecule has 3 heteroatoms. The first-order valence-electron chi connectivity index (χ1n) is 16.4. The summed E-state index contributed by atoms with van der Waals surface area (Å²) in [6.45, 7) is 4.28. The highest BCUT2D eigenvalue weighted by molar-refractivity contribution is 6.24. The lowest BCUT2D eigenvalue weighted by Gasteiger charge is -2.31. The number of hydrogen-bond donors (Lipinski definition) is 1. The molecule has 0 spiro atoms. The lowest BCUT2D eigenvalue weighted by atomic mass is 9.93. The summed E-state index contributed by atoms with van der Waals surface area (Å²) in [4.78, 5) is 4.80. The second kappa shape index (κ2) is 11.9. The lowest BCUT2D eigenvalue weighted by molar-refractivity contribution is 0.998. The van der Waals surface area contributed by atoms with Crippen LogP contribution in [0.25, 0.3) is 32.3 Å². The first-order chi connectivity index (χ1) is 23.0. The number of anilines is 6. The molecule has 0 unspecified atom stereocenters. The molecule has 0 atom stereocenters. The maximum absolute atomic E-state index is 6.16. The van der Waals surface area contributed by atoms with Crippen LogP contribution in [0.5, 0.6) is 0 Å². The third-order valence-corrected chi connectivity index (χ3v) is 9.29. The van der Waals surface area contributed by atoms with E-state index < -0.39 is 0 Å². The minimum atomic E-state index is 0.751. The number of fused-ring (bicyclic) bond motifs is 5. The van der Waals surface area contributed by atoms with Gasteiger partial charge in [-0.05, 0) is 115 Å². The van der Waals surface area contributed by atoms with Gasteiger partial charge in [0.2, 0.25) is 0 Å². The molecule has 0 saturated heterocycles. The third-order valence-electron chi connectivity index (χ3n) is 9.29. The van der Waals surface area contributed by atoms with Gasteiger partial charge in [-0.25, -0.2) is 0 Å². The van der Waals surface area contributed by atoms with E-state index in [2.05, 4.69) is 163 Å². The quantitative estimate of drug-likeness (QED) is 0.151. The monoisotopic (exact) mass is 607 g/mol. The zero-order valence-electron chi connectivity index (χ0n) is 26.8. The lowest BCUT2D eigenvalue weighted by Crippen LogP contribution is -2.16. The van der Waals surface area contributed by atoms with Gasteiger partial charge in [-0.2, -0.15) is 0 Å². The summed E-state index contributed by atoms with van der Waals surface area (Å²) in [7, 11) is 0. The first-order valence-corrected chi connectivity index (χ1v) is 16.4. The van der Waals surface area contributed by atoms with Crippen LogP contribution in [0, 0.1) is 13.8 Å². The largest absolute Gasteiger partial charge is 0.399 e. The van der Waals surface area contributed by atoms with E-state index in [1.807, 2.05) is 12.1 Å². The van der Waals surface area contributed by atoms with Crippen molar-refractivity contribution in [2.75, 3.05) is 15.5 Å². The Hall–Kier alpha value is -5.80. The van der Waals surface area contributed by atoms with Crippen molar-refractivity contribution in [3.8, 4) is 0 Å². The Kier molecular flexibility index (Phi) is 7.23. The fourth-order valence-electron chi connectivity index (χ4n) is 6.91. The summed E-state index contributed by atoms with van der Waals surface area (Å²) in [5.74, 6) is 0. The molecule has 8 rings (SSSR count). The molecule has 0 aliphatic heterocycles. The zero-order chi connectivity index (χ0) is 31.9. The molecule has 228 valence electrons. The first kappa shape index (κ1) is 28.7. The van der Waals surface area contributed by atoms with Crippen molar-refractivity contribution in [2.24, 2.45) is 0 Å². The number of nitrogens with two attached hydrogens (primary N) is 1. The van der Waals surface area contributed by atoms with E-state index in [0.29, 0.717) is 0 Å². The van der Waals surface area contributed by atoms with Gasteiger partial charge < -0.3 is 15.5 Å². The smallest absolute Gasteiger partial charge is 0.0546 e. The van der Waals surface area contributed by atoms with E-state index in [1.54, 1.807) is 0 Å². The van der Waals surface area contributed by atoms with Crippen LogP contribution in [-0.4, -0.2) is 0 Å². The predicted molar refractivity (Wildman–Crippen MR) is 203 cm³/mol. The summed E-state index contributed by atoms with van der Waals surface area (Å²) in [6.07, 6.45) is 9.04. The fraction of sp³-hybridized carbons (Fsp3) is 0.0909. The van der Waals surface area contributed by atoms with E-state index >= 15 is 0 Å². The number of nitrogen functional groups attached to an aromatic ring is 1. The van der Waals surface area contributed by atoms with E-state index in [4.69, 9.17) is 5.73 Å². The molecule has 0 bridgehead atoms. The number of allylic oxidation sites excluding steroid dienone is 3. The van der Waals surface area contributed by atoms with Crippen molar-refractivity contribution in [2.45, 2.75) is 26.7 Å². The van der Waals surface area contributed by atoms with E-state index in [0.717, 1.165) is 41.3 Å². The number of hydrogen-bond acceptors (Lipinski definition) is 3. The molecule has 0 heterocycles. The Morgan fingerprint density at radius 2 is 0.915 bits per heavy atom. The zero-order valence-corrected chi connectivity index (χ0v) is 26.8. The van der Waals surface area contributed by atoms with E-state index in [1.165, 1.54) is 54.8 Å². The maximum Gasteiger partial charge on any atom is 0.0546 e. The van der Waals surface area contributed by atoms with Crippen LogP contribution in [0.3, 0.4) is 0 Å². The van der Waals surface area contributed by atoms with Gasteiger partial charge >= 0.3 is 0 Å². The predicted octanol–water partition coefficient (Wildman–Crippen LogP) is 12.2. The normalized spacial score (nSPS) is 12.9. The Morgan fingerprint density at radius 1 is 0.468 bits per heavy atom. The average Bonchev–Trinajstić information content (AvgIpc) is 3.11. The van der Waals surface area contributed by atoms with Crippen LogP contribution in [0.15, 0.2) is 157 Å². The number of nitrogens with zero attached hydrogens (tertiary/aromatic N) is 2. The molecule has 2 N–H and O–H groups in total. The Morgan fingerprint density at radius 3 is 1.40 bits per heavy atom. The molecular formula is C44H37N3. The van der Waals surface area contributed by atoms with Crippen molar-refractivity contribution >= 4 is 66.4 Å². The summed E-state index contributed by atoms with van der Waals surface area (Å²) in [5, 5.41) is 7.31. The van der Waals surface area contributed by atoms with Gasteiger partial charge in [-0.1, -0.05) is 96.1 Å². The van der Waals surface area contributed by atoms with Crippen molar-refractivity contribution in [3.63, 3.8) is 0 Å².